The van der Waals surface area contributed by atoms with Crippen molar-refractivity contribution >= 4 is 28.2 Å². The Morgan fingerprint density at radius 3 is 2.89 bits per heavy atom. The van der Waals surface area contributed by atoms with Gasteiger partial charge in [-0.15, -0.1) is 0 Å². The predicted molar refractivity (Wildman–Crippen MR) is 142 cm³/mol. The molecule has 0 saturated carbocycles. The molecule has 7 nitrogen and oxygen atoms in total. The Morgan fingerprint density at radius 1 is 1.14 bits per heavy atom. The molecule has 2 aliphatic rings. The zero-order valence-corrected chi connectivity index (χ0v) is 20.4. The SMILES string of the molecule is COCCOC1=CC2=NC=C(C(=O)Nc3cccc4c3cnn4CCc3ccccc3)CCC2C=C1. The number of hydrogen-bond acceptors (Lipinski definition) is 5. The standard InChI is InChI=1S/C29H30N4O3/c1-35-16-17-36-24-13-12-22-10-11-23(19-30-27(22)18-24)29(34)32-26-8-5-9-28-25(26)20-31-33(28)15-14-21-6-3-2-4-7-21/h2-9,12-13,18-20,22H,10-11,14-17H2,1H3,(H,32,34). The highest BCUT2D eigenvalue weighted by molar-refractivity contribution is 6.09. The number of aliphatic imine (C=N–C) groups is 1. The van der Waals surface area contributed by atoms with E-state index in [0.717, 1.165) is 47.4 Å². The van der Waals surface area contributed by atoms with Crippen LogP contribution in [0.5, 0.6) is 0 Å². The van der Waals surface area contributed by atoms with E-state index in [1.807, 2.05) is 59.4 Å². The van der Waals surface area contributed by atoms with Gasteiger partial charge in [0.25, 0.3) is 5.91 Å². The summed E-state index contributed by atoms with van der Waals surface area (Å²) in [6.45, 7) is 1.79. The van der Waals surface area contributed by atoms with Crippen LogP contribution in [0.3, 0.4) is 0 Å². The van der Waals surface area contributed by atoms with E-state index >= 15 is 0 Å². The average Bonchev–Trinajstić information content (AvgIpc) is 3.21. The first-order valence-corrected chi connectivity index (χ1v) is 12.3. The maximum Gasteiger partial charge on any atom is 0.253 e. The minimum absolute atomic E-state index is 0.132. The quantitative estimate of drug-likeness (QED) is 0.432. The lowest BCUT2D eigenvalue weighted by Gasteiger charge is -2.17. The molecule has 5 rings (SSSR count). The number of nitrogens with one attached hydrogen (secondary N) is 1. The smallest absolute Gasteiger partial charge is 0.253 e. The molecule has 1 aliphatic carbocycles. The average molecular weight is 483 g/mol. The highest BCUT2D eigenvalue weighted by atomic mass is 16.5. The lowest BCUT2D eigenvalue weighted by molar-refractivity contribution is -0.113. The van der Waals surface area contributed by atoms with Crippen LogP contribution >= 0.6 is 0 Å². The van der Waals surface area contributed by atoms with Crippen molar-refractivity contribution in [2.24, 2.45) is 10.9 Å². The molecule has 2 heterocycles. The number of nitrogens with zero attached hydrogens (tertiary/aromatic N) is 3. The fourth-order valence-corrected chi connectivity index (χ4v) is 4.49. The van der Waals surface area contributed by atoms with Crippen LogP contribution in [-0.4, -0.2) is 41.7 Å². The second kappa shape index (κ2) is 11.2. The molecule has 1 aromatic heterocycles. The van der Waals surface area contributed by atoms with Crippen molar-refractivity contribution in [3.8, 4) is 0 Å². The van der Waals surface area contributed by atoms with Crippen LogP contribution in [0.2, 0.25) is 0 Å². The van der Waals surface area contributed by atoms with Gasteiger partial charge in [-0.2, -0.15) is 5.10 Å². The number of carbonyl (C=O) groups is 1. The molecule has 0 bridgehead atoms. The molecule has 1 amide bonds. The van der Waals surface area contributed by atoms with Crippen molar-refractivity contribution in [1.29, 1.82) is 0 Å². The lowest BCUT2D eigenvalue weighted by atomic mass is 9.92. The first-order chi connectivity index (χ1) is 17.7. The third-order valence-electron chi connectivity index (χ3n) is 6.50. The van der Waals surface area contributed by atoms with Crippen molar-refractivity contribution < 1.29 is 14.3 Å². The maximum absolute atomic E-state index is 13.2. The molecule has 0 radical (unpaired) electrons. The van der Waals surface area contributed by atoms with E-state index in [1.54, 1.807) is 13.3 Å². The number of ether oxygens (including phenoxy) is 2. The number of anilines is 1. The Balaban J connectivity index is 1.28. The fraction of sp³-hybridized carbons (Fsp3) is 0.276. The van der Waals surface area contributed by atoms with Crippen LogP contribution in [0, 0.1) is 5.92 Å². The van der Waals surface area contributed by atoms with E-state index in [0.29, 0.717) is 25.2 Å². The third-order valence-corrected chi connectivity index (χ3v) is 6.50. The van der Waals surface area contributed by atoms with Crippen LogP contribution in [-0.2, 0) is 27.2 Å². The van der Waals surface area contributed by atoms with Gasteiger partial charge in [0.2, 0.25) is 0 Å². The van der Waals surface area contributed by atoms with E-state index in [1.165, 1.54) is 5.56 Å². The summed E-state index contributed by atoms with van der Waals surface area (Å²) in [5, 5.41) is 8.60. The van der Waals surface area contributed by atoms with Gasteiger partial charge in [0.1, 0.15) is 12.4 Å². The first kappa shape index (κ1) is 23.8. The highest BCUT2D eigenvalue weighted by Gasteiger charge is 2.22. The number of methoxy groups -OCH3 is 1. The molecule has 1 unspecified atom stereocenters. The van der Waals surface area contributed by atoms with Crippen molar-refractivity contribution in [2.45, 2.75) is 25.8 Å². The predicted octanol–water partition coefficient (Wildman–Crippen LogP) is 5.07. The molecule has 1 N–H and O–H groups in total. The molecule has 184 valence electrons. The van der Waals surface area contributed by atoms with E-state index in [2.05, 4.69) is 33.6 Å². The zero-order chi connectivity index (χ0) is 24.7. The number of allylic oxidation sites excluding steroid dienone is 3. The van der Waals surface area contributed by atoms with E-state index in [9.17, 15) is 4.79 Å². The van der Waals surface area contributed by atoms with Gasteiger partial charge < -0.3 is 14.8 Å². The number of rotatable bonds is 9. The molecule has 0 fully saturated rings. The van der Waals surface area contributed by atoms with Crippen LogP contribution in [0.15, 0.2) is 95.5 Å². The second-order valence-corrected chi connectivity index (χ2v) is 8.90. The number of fused-ring (bicyclic) bond motifs is 2. The topological polar surface area (TPSA) is 77.7 Å². The molecule has 0 spiro atoms. The number of aryl methyl sites for hydroxylation is 2. The van der Waals surface area contributed by atoms with E-state index in [4.69, 9.17) is 9.47 Å². The van der Waals surface area contributed by atoms with Crippen molar-refractivity contribution in [2.75, 3.05) is 25.6 Å². The molecule has 7 heteroatoms. The summed E-state index contributed by atoms with van der Waals surface area (Å²) < 4.78 is 12.7. The van der Waals surface area contributed by atoms with Gasteiger partial charge in [-0.25, -0.2) is 0 Å². The van der Waals surface area contributed by atoms with E-state index < -0.39 is 0 Å². The third kappa shape index (κ3) is 5.47. The number of amides is 1. The van der Waals surface area contributed by atoms with Crippen LogP contribution in [0.25, 0.3) is 10.9 Å². The number of benzene rings is 2. The number of carbonyl (C=O) groups excluding carboxylic acids is 1. The first-order valence-electron chi connectivity index (χ1n) is 12.3. The van der Waals surface area contributed by atoms with Gasteiger partial charge in [-0.1, -0.05) is 42.5 Å². The second-order valence-electron chi connectivity index (χ2n) is 8.90. The minimum atomic E-state index is -0.132. The summed E-state index contributed by atoms with van der Waals surface area (Å²) >= 11 is 0. The van der Waals surface area contributed by atoms with Crippen molar-refractivity contribution in [1.82, 2.24) is 9.78 Å². The maximum atomic E-state index is 13.2. The molecule has 2 aromatic carbocycles. The molecule has 1 atom stereocenters. The molecular weight excluding hydrogens is 452 g/mol. The lowest BCUT2D eigenvalue weighted by Crippen LogP contribution is -2.16. The van der Waals surface area contributed by atoms with Gasteiger partial charge in [0.05, 0.1) is 29.7 Å². The van der Waals surface area contributed by atoms with E-state index in [-0.39, 0.29) is 11.8 Å². The number of aromatic nitrogens is 2. The number of hydrogen-bond donors (Lipinski definition) is 1. The normalized spacial score (nSPS) is 17.0. The summed E-state index contributed by atoms with van der Waals surface area (Å²) in [7, 11) is 1.65. The zero-order valence-electron chi connectivity index (χ0n) is 20.4. The molecular formula is C29H30N4O3. The van der Waals surface area contributed by atoms with Gasteiger partial charge in [-0.3, -0.25) is 14.5 Å². The van der Waals surface area contributed by atoms with Crippen molar-refractivity contribution in [3.05, 3.63) is 96.1 Å². The van der Waals surface area contributed by atoms with Crippen LogP contribution in [0.4, 0.5) is 5.69 Å². The van der Waals surface area contributed by atoms with Gasteiger partial charge in [-0.05, 0) is 43.0 Å². The van der Waals surface area contributed by atoms with Crippen molar-refractivity contribution in [3.63, 3.8) is 0 Å². The summed E-state index contributed by atoms with van der Waals surface area (Å²) in [4.78, 5) is 17.8. The Kier molecular flexibility index (Phi) is 7.38. The summed E-state index contributed by atoms with van der Waals surface area (Å²) in [5.74, 6) is 0.805. The molecule has 3 aromatic rings. The summed E-state index contributed by atoms with van der Waals surface area (Å²) in [6, 6.07) is 16.3. The Labute approximate surface area is 210 Å². The Bertz CT molecular complexity index is 1350. The fourth-order valence-electron chi connectivity index (χ4n) is 4.49. The summed E-state index contributed by atoms with van der Waals surface area (Å²) in [5.41, 5.74) is 4.60. The van der Waals surface area contributed by atoms with Gasteiger partial charge >= 0.3 is 0 Å². The Morgan fingerprint density at radius 2 is 2.03 bits per heavy atom. The van der Waals surface area contributed by atoms with Crippen LogP contribution < -0.4 is 5.32 Å². The molecule has 36 heavy (non-hydrogen) atoms. The van der Waals surface area contributed by atoms with Gasteiger partial charge in [0.15, 0.2) is 0 Å². The monoisotopic (exact) mass is 482 g/mol. The Hall–Kier alpha value is -3.97. The largest absolute Gasteiger partial charge is 0.491 e. The van der Waals surface area contributed by atoms with Gasteiger partial charge in [0, 0.05) is 42.8 Å². The minimum Gasteiger partial charge on any atom is -0.491 e. The highest BCUT2D eigenvalue weighted by Crippen LogP contribution is 2.28. The van der Waals surface area contributed by atoms with Crippen LogP contribution in [0.1, 0.15) is 18.4 Å². The molecule has 0 saturated heterocycles. The molecule has 1 aliphatic heterocycles. The summed E-state index contributed by atoms with van der Waals surface area (Å²) in [6.07, 6.45) is 11.9.